The molecule has 2 aromatic carbocycles. The van der Waals surface area contributed by atoms with Crippen molar-refractivity contribution in [3.05, 3.63) is 59.2 Å². The zero-order valence-electron chi connectivity index (χ0n) is 16.7. The van der Waals surface area contributed by atoms with Gasteiger partial charge in [0.2, 0.25) is 0 Å². The van der Waals surface area contributed by atoms with Gasteiger partial charge in [0.15, 0.2) is 0 Å². The first-order valence-electron chi connectivity index (χ1n) is 9.42. The van der Waals surface area contributed by atoms with Gasteiger partial charge >= 0.3 is 13.1 Å². The second-order valence-corrected chi connectivity index (χ2v) is 7.33. The van der Waals surface area contributed by atoms with E-state index in [1.54, 1.807) is 26.0 Å². The number of hydrogen-bond acceptors (Lipinski definition) is 5. The molecular weight excluding hydrogens is 373 g/mol. The van der Waals surface area contributed by atoms with Gasteiger partial charge in [0, 0.05) is 12.0 Å². The standard InChI is InChI=1S/C21H24BNO6/c1-13(2)18(21(25)26)23(11-14-7-5-4-6-8-14)20(24)16-10-9-15-12-29-22(27)17(15)19(16)28-3/h4-10,13,18,27H,11-12H2,1-3H3,(H,25,26)/t18-/m0/s1. The van der Waals surface area contributed by atoms with Gasteiger partial charge in [-0.05, 0) is 23.1 Å². The summed E-state index contributed by atoms with van der Waals surface area (Å²) in [5.74, 6) is -1.65. The Morgan fingerprint density at radius 2 is 1.90 bits per heavy atom. The molecule has 0 aliphatic carbocycles. The number of ether oxygens (including phenoxy) is 1. The van der Waals surface area contributed by atoms with E-state index in [2.05, 4.69) is 0 Å². The Morgan fingerprint density at radius 1 is 1.21 bits per heavy atom. The number of fused-ring (bicyclic) bond motifs is 1. The van der Waals surface area contributed by atoms with Gasteiger partial charge in [-0.25, -0.2) is 4.79 Å². The Bertz CT molecular complexity index is 902. The number of amides is 1. The summed E-state index contributed by atoms with van der Waals surface area (Å²) < 4.78 is 10.7. The van der Waals surface area contributed by atoms with E-state index in [9.17, 15) is 19.7 Å². The maximum absolute atomic E-state index is 13.5. The minimum Gasteiger partial charge on any atom is -0.496 e. The van der Waals surface area contributed by atoms with Crippen LogP contribution in [0.2, 0.25) is 0 Å². The van der Waals surface area contributed by atoms with Crippen molar-refractivity contribution < 1.29 is 29.1 Å². The third-order valence-electron chi connectivity index (χ3n) is 5.04. The quantitative estimate of drug-likeness (QED) is 0.690. The minimum atomic E-state index is -1.18. The van der Waals surface area contributed by atoms with E-state index in [1.165, 1.54) is 12.0 Å². The SMILES string of the molecule is COc1c(C(=O)N(Cc2ccccc2)[C@H](C(=O)O)C(C)C)ccc2c1B(O)OC2. The van der Waals surface area contributed by atoms with E-state index in [4.69, 9.17) is 9.39 Å². The molecule has 0 radical (unpaired) electrons. The fourth-order valence-electron chi connectivity index (χ4n) is 3.69. The number of methoxy groups -OCH3 is 1. The number of rotatable bonds is 7. The first kappa shape index (κ1) is 20.9. The molecule has 152 valence electrons. The third-order valence-corrected chi connectivity index (χ3v) is 5.04. The van der Waals surface area contributed by atoms with Crippen LogP contribution in [-0.2, 0) is 22.6 Å². The second kappa shape index (κ2) is 8.67. The summed E-state index contributed by atoms with van der Waals surface area (Å²) in [6, 6.07) is 11.5. The number of nitrogens with zero attached hydrogens (tertiary/aromatic N) is 1. The van der Waals surface area contributed by atoms with E-state index >= 15 is 0 Å². The van der Waals surface area contributed by atoms with Crippen LogP contribution in [-0.4, -0.2) is 47.2 Å². The molecule has 7 nitrogen and oxygen atoms in total. The van der Waals surface area contributed by atoms with Gasteiger partial charge < -0.3 is 24.4 Å². The summed E-state index contributed by atoms with van der Waals surface area (Å²) in [5, 5.41) is 20.0. The van der Waals surface area contributed by atoms with Gasteiger partial charge in [0.1, 0.15) is 11.8 Å². The third kappa shape index (κ3) is 4.13. The Balaban J connectivity index is 2.07. The molecule has 0 aromatic heterocycles. The van der Waals surface area contributed by atoms with Crippen molar-refractivity contribution >= 4 is 24.5 Å². The Morgan fingerprint density at radius 3 is 2.48 bits per heavy atom. The van der Waals surface area contributed by atoms with E-state index in [0.717, 1.165) is 11.1 Å². The summed E-state index contributed by atoms with van der Waals surface area (Å²) in [6.45, 7) is 3.88. The summed E-state index contributed by atoms with van der Waals surface area (Å²) in [5.41, 5.74) is 2.16. The largest absolute Gasteiger partial charge is 0.496 e. The van der Waals surface area contributed by atoms with Crippen LogP contribution in [0.25, 0.3) is 0 Å². The lowest BCUT2D eigenvalue weighted by atomic mass is 9.77. The van der Waals surface area contributed by atoms with Gasteiger partial charge in [0.25, 0.3) is 5.91 Å². The molecule has 1 aliphatic rings. The van der Waals surface area contributed by atoms with Gasteiger partial charge in [-0.1, -0.05) is 50.2 Å². The minimum absolute atomic E-state index is 0.133. The molecule has 1 aliphatic heterocycles. The molecule has 0 bridgehead atoms. The van der Waals surface area contributed by atoms with Crippen molar-refractivity contribution in [1.82, 2.24) is 4.90 Å². The normalized spacial score (nSPS) is 13.9. The Hall–Kier alpha value is -2.84. The van der Waals surface area contributed by atoms with Crippen molar-refractivity contribution in [2.45, 2.75) is 33.0 Å². The van der Waals surface area contributed by atoms with Gasteiger partial charge in [0.05, 0.1) is 19.3 Å². The average Bonchev–Trinajstić information content (AvgIpc) is 3.07. The highest BCUT2D eigenvalue weighted by Gasteiger charge is 2.38. The molecule has 0 unspecified atom stereocenters. The zero-order chi connectivity index (χ0) is 21.1. The molecule has 29 heavy (non-hydrogen) atoms. The molecular formula is C21H24BNO6. The smallest absolute Gasteiger partial charge is 0.495 e. The van der Waals surface area contributed by atoms with E-state index in [-0.39, 0.29) is 30.4 Å². The lowest BCUT2D eigenvalue weighted by molar-refractivity contribution is -0.144. The number of carbonyl (C=O) groups is 2. The van der Waals surface area contributed by atoms with E-state index in [0.29, 0.717) is 5.46 Å². The van der Waals surface area contributed by atoms with Crippen molar-refractivity contribution in [2.75, 3.05) is 7.11 Å². The predicted octanol–water partition coefficient (Wildman–Crippen LogP) is 1.66. The first-order chi connectivity index (χ1) is 13.8. The van der Waals surface area contributed by atoms with E-state index < -0.39 is 25.0 Å². The molecule has 0 spiro atoms. The molecule has 2 N–H and O–H groups in total. The molecule has 8 heteroatoms. The van der Waals surface area contributed by atoms with Crippen LogP contribution < -0.4 is 10.2 Å². The van der Waals surface area contributed by atoms with Gasteiger partial charge in [-0.15, -0.1) is 0 Å². The predicted molar refractivity (Wildman–Crippen MR) is 108 cm³/mol. The summed E-state index contributed by atoms with van der Waals surface area (Å²) in [4.78, 5) is 26.9. The van der Waals surface area contributed by atoms with E-state index in [1.807, 2.05) is 30.3 Å². The number of hydrogen-bond donors (Lipinski definition) is 2. The molecule has 0 fully saturated rings. The maximum atomic E-state index is 13.5. The number of carboxylic acid groups (broad SMARTS) is 1. The number of carbonyl (C=O) groups excluding carboxylic acids is 1. The summed E-state index contributed by atoms with van der Waals surface area (Å²) in [6.07, 6.45) is 0. The topological polar surface area (TPSA) is 96.3 Å². The molecule has 1 atom stereocenters. The fourth-order valence-corrected chi connectivity index (χ4v) is 3.69. The summed E-state index contributed by atoms with van der Waals surface area (Å²) in [7, 11) is 0.228. The molecule has 1 heterocycles. The average molecular weight is 397 g/mol. The number of carboxylic acids is 1. The molecule has 0 saturated heterocycles. The lowest BCUT2D eigenvalue weighted by Crippen LogP contribution is -2.48. The first-order valence-corrected chi connectivity index (χ1v) is 9.42. The highest BCUT2D eigenvalue weighted by molar-refractivity contribution is 6.63. The van der Waals surface area contributed by atoms with Gasteiger partial charge in [-0.3, -0.25) is 4.79 Å². The second-order valence-electron chi connectivity index (χ2n) is 7.33. The number of aliphatic carboxylic acids is 1. The Labute approximate surface area is 170 Å². The van der Waals surface area contributed by atoms with Crippen molar-refractivity contribution in [2.24, 2.45) is 5.92 Å². The molecule has 1 amide bonds. The zero-order valence-corrected chi connectivity index (χ0v) is 16.7. The maximum Gasteiger partial charge on any atom is 0.495 e. The van der Waals surface area contributed by atoms with Crippen LogP contribution in [0.3, 0.4) is 0 Å². The van der Waals surface area contributed by atoms with Crippen LogP contribution in [0.5, 0.6) is 5.75 Å². The molecule has 2 aromatic rings. The highest BCUT2D eigenvalue weighted by Crippen LogP contribution is 2.27. The summed E-state index contributed by atoms with van der Waals surface area (Å²) >= 11 is 0. The van der Waals surface area contributed by atoms with Crippen LogP contribution >= 0.6 is 0 Å². The molecule has 3 rings (SSSR count). The number of benzene rings is 2. The van der Waals surface area contributed by atoms with Crippen molar-refractivity contribution in [3.63, 3.8) is 0 Å². The van der Waals surface area contributed by atoms with Crippen LogP contribution in [0.15, 0.2) is 42.5 Å². The molecule has 0 saturated carbocycles. The van der Waals surface area contributed by atoms with Crippen LogP contribution in [0, 0.1) is 5.92 Å². The van der Waals surface area contributed by atoms with Crippen LogP contribution in [0.4, 0.5) is 0 Å². The van der Waals surface area contributed by atoms with Gasteiger partial charge in [-0.2, -0.15) is 0 Å². The fraction of sp³-hybridized carbons (Fsp3) is 0.333. The highest BCUT2D eigenvalue weighted by atomic mass is 16.5. The van der Waals surface area contributed by atoms with Crippen LogP contribution in [0.1, 0.15) is 35.3 Å². The monoisotopic (exact) mass is 397 g/mol. The Kier molecular flexibility index (Phi) is 6.25. The lowest BCUT2D eigenvalue weighted by Gasteiger charge is -2.32. The van der Waals surface area contributed by atoms with Crippen molar-refractivity contribution in [3.8, 4) is 5.75 Å². The van der Waals surface area contributed by atoms with Crippen molar-refractivity contribution in [1.29, 1.82) is 0 Å².